The fourth-order valence-electron chi connectivity index (χ4n) is 3.31. The predicted octanol–water partition coefficient (Wildman–Crippen LogP) is 4.69. The van der Waals surface area contributed by atoms with Crippen molar-refractivity contribution in [3.05, 3.63) is 102 Å². The second-order valence-corrected chi connectivity index (χ2v) is 9.14. The summed E-state index contributed by atoms with van der Waals surface area (Å²) in [6, 6.07) is 23.9. The molecule has 34 heavy (non-hydrogen) atoms. The highest BCUT2D eigenvalue weighted by molar-refractivity contribution is 7.89. The maximum atomic E-state index is 12.7. The Kier molecular flexibility index (Phi) is 6.60. The molecular weight excluding hydrogens is 452 g/mol. The zero-order valence-electron chi connectivity index (χ0n) is 18.6. The summed E-state index contributed by atoms with van der Waals surface area (Å²) in [6.07, 6.45) is 1.34. The molecule has 0 aliphatic rings. The molecule has 0 aliphatic carbocycles. The van der Waals surface area contributed by atoms with E-state index in [4.69, 9.17) is 9.47 Å². The number of methoxy groups -OCH3 is 1. The summed E-state index contributed by atoms with van der Waals surface area (Å²) in [7, 11) is -2.31. The van der Waals surface area contributed by atoms with Crippen molar-refractivity contribution in [2.45, 2.75) is 11.8 Å². The van der Waals surface area contributed by atoms with Crippen LogP contribution < -0.4 is 14.3 Å². The zero-order chi connectivity index (χ0) is 24.1. The lowest BCUT2D eigenvalue weighted by Crippen LogP contribution is -2.18. The topological polar surface area (TPSA) is 94.1 Å². The van der Waals surface area contributed by atoms with Crippen LogP contribution in [0.3, 0.4) is 0 Å². The van der Waals surface area contributed by atoms with Crippen LogP contribution in [0.15, 0.2) is 94.9 Å². The quantitative estimate of drug-likeness (QED) is 0.182. The van der Waals surface area contributed by atoms with E-state index in [1.165, 1.54) is 18.3 Å². The van der Waals surface area contributed by atoms with Crippen molar-refractivity contribution < 1.29 is 22.7 Å². The summed E-state index contributed by atoms with van der Waals surface area (Å²) in [5, 5.41) is 5.59. The summed E-state index contributed by atoms with van der Waals surface area (Å²) < 4.78 is 35.9. The van der Waals surface area contributed by atoms with Crippen LogP contribution in [0.5, 0.6) is 11.5 Å². The number of hydrogen-bond donors (Lipinski definition) is 1. The molecule has 0 heterocycles. The van der Waals surface area contributed by atoms with Crippen molar-refractivity contribution in [3.63, 3.8) is 0 Å². The molecular formula is C26H22N2O5S. The van der Waals surface area contributed by atoms with Crippen LogP contribution >= 0.6 is 0 Å². The molecule has 0 aliphatic heterocycles. The van der Waals surface area contributed by atoms with Gasteiger partial charge in [-0.25, -0.2) is 9.63 Å². The van der Waals surface area contributed by atoms with E-state index in [-0.39, 0.29) is 10.6 Å². The third-order valence-electron chi connectivity index (χ3n) is 5.16. The normalized spacial score (nSPS) is 11.5. The van der Waals surface area contributed by atoms with Gasteiger partial charge >= 0.3 is 5.97 Å². The smallest absolute Gasteiger partial charge is 0.343 e. The lowest BCUT2D eigenvalue weighted by molar-refractivity contribution is 0.0734. The van der Waals surface area contributed by atoms with Crippen LogP contribution in [0.4, 0.5) is 0 Å². The Morgan fingerprint density at radius 3 is 2.32 bits per heavy atom. The Morgan fingerprint density at radius 2 is 1.62 bits per heavy atom. The number of sulfonamides is 1. The number of aryl methyl sites for hydroxylation is 1. The van der Waals surface area contributed by atoms with E-state index in [0.717, 1.165) is 16.3 Å². The number of esters is 1. The Morgan fingerprint density at radius 1 is 0.912 bits per heavy atom. The molecule has 0 saturated carbocycles. The molecule has 8 heteroatoms. The van der Waals surface area contributed by atoms with E-state index in [2.05, 4.69) is 9.93 Å². The van der Waals surface area contributed by atoms with E-state index < -0.39 is 16.0 Å². The number of hydrogen-bond acceptors (Lipinski definition) is 6. The molecule has 0 aromatic heterocycles. The molecule has 4 aromatic carbocycles. The number of fused-ring (bicyclic) bond motifs is 1. The first-order valence-electron chi connectivity index (χ1n) is 10.4. The van der Waals surface area contributed by atoms with E-state index in [1.54, 1.807) is 49.6 Å². The van der Waals surface area contributed by atoms with Gasteiger partial charge in [-0.05, 0) is 60.2 Å². The van der Waals surface area contributed by atoms with Crippen LogP contribution in [0.1, 0.15) is 21.5 Å². The van der Waals surface area contributed by atoms with Crippen molar-refractivity contribution in [2.75, 3.05) is 7.11 Å². The zero-order valence-corrected chi connectivity index (χ0v) is 19.4. The van der Waals surface area contributed by atoms with Crippen molar-refractivity contribution in [1.29, 1.82) is 0 Å². The van der Waals surface area contributed by atoms with Gasteiger partial charge in [-0.2, -0.15) is 13.5 Å². The molecule has 1 N–H and O–H groups in total. The SMILES string of the molecule is COc1ccc(C(=O)Oc2ccc3ccccc3c2/C=N/NS(=O)(=O)c2ccc(C)cc2)cc1. The lowest BCUT2D eigenvalue weighted by atomic mass is 10.0. The fraction of sp³-hybridized carbons (Fsp3) is 0.0769. The first-order chi connectivity index (χ1) is 16.4. The number of ether oxygens (including phenoxy) is 2. The fourth-order valence-corrected chi connectivity index (χ4v) is 4.11. The number of rotatable bonds is 7. The Labute approximate surface area is 197 Å². The molecule has 0 spiro atoms. The van der Waals surface area contributed by atoms with Gasteiger partial charge in [0.05, 0.1) is 23.8 Å². The molecule has 0 bridgehead atoms. The van der Waals surface area contributed by atoms with Gasteiger partial charge in [0, 0.05) is 5.56 Å². The second-order valence-electron chi connectivity index (χ2n) is 7.48. The molecule has 172 valence electrons. The molecule has 0 fully saturated rings. The summed E-state index contributed by atoms with van der Waals surface area (Å²) in [5.74, 6) is 0.307. The highest BCUT2D eigenvalue weighted by Crippen LogP contribution is 2.27. The number of nitrogens with one attached hydrogen (secondary N) is 1. The predicted molar refractivity (Wildman–Crippen MR) is 131 cm³/mol. The number of nitrogens with zero attached hydrogens (tertiary/aromatic N) is 1. The highest BCUT2D eigenvalue weighted by atomic mass is 32.2. The van der Waals surface area contributed by atoms with Gasteiger partial charge in [-0.15, -0.1) is 0 Å². The van der Waals surface area contributed by atoms with Gasteiger partial charge in [-0.1, -0.05) is 48.0 Å². The molecule has 0 saturated heterocycles. The van der Waals surface area contributed by atoms with Crippen molar-refractivity contribution in [1.82, 2.24) is 4.83 Å². The number of carbonyl (C=O) groups excluding carboxylic acids is 1. The summed E-state index contributed by atoms with van der Waals surface area (Å²) in [4.78, 5) is 15.0. The lowest BCUT2D eigenvalue weighted by Gasteiger charge is -2.11. The third kappa shape index (κ3) is 5.07. The Balaban J connectivity index is 1.64. The van der Waals surface area contributed by atoms with Gasteiger partial charge in [-0.3, -0.25) is 0 Å². The molecule has 0 amide bonds. The highest BCUT2D eigenvalue weighted by Gasteiger charge is 2.15. The van der Waals surface area contributed by atoms with Gasteiger partial charge in [0.1, 0.15) is 11.5 Å². The summed E-state index contributed by atoms with van der Waals surface area (Å²) in [5.41, 5.74) is 1.75. The summed E-state index contributed by atoms with van der Waals surface area (Å²) >= 11 is 0. The van der Waals surface area contributed by atoms with Gasteiger partial charge in [0.15, 0.2) is 0 Å². The first kappa shape index (κ1) is 23.0. The van der Waals surface area contributed by atoms with Crippen molar-refractivity contribution in [3.8, 4) is 11.5 Å². The number of benzene rings is 4. The number of hydrazone groups is 1. The monoisotopic (exact) mass is 474 g/mol. The molecule has 4 aromatic rings. The van der Waals surface area contributed by atoms with E-state index >= 15 is 0 Å². The molecule has 4 rings (SSSR count). The van der Waals surface area contributed by atoms with Crippen LogP contribution in [0, 0.1) is 6.92 Å². The number of carbonyl (C=O) groups is 1. The van der Waals surface area contributed by atoms with E-state index in [0.29, 0.717) is 16.9 Å². The Hall–Kier alpha value is -4.17. The van der Waals surface area contributed by atoms with E-state index in [1.807, 2.05) is 37.3 Å². The van der Waals surface area contributed by atoms with Gasteiger partial charge in [0.2, 0.25) is 0 Å². The van der Waals surface area contributed by atoms with Crippen LogP contribution in [-0.2, 0) is 10.0 Å². The molecule has 0 unspecified atom stereocenters. The minimum absolute atomic E-state index is 0.0966. The molecule has 0 atom stereocenters. The largest absolute Gasteiger partial charge is 0.497 e. The summed E-state index contributed by atoms with van der Waals surface area (Å²) in [6.45, 7) is 1.87. The minimum atomic E-state index is -3.85. The third-order valence-corrected chi connectivity index (χ3v) is 6.40. The maximum absolute atomic E-state index is 12.7. The molecule has 0 radical (unpaired) electrons. The van der Waals surface area contributed by atoms with E-state index in [9.17, 15) is 13.2 Å². The van der Waals surface area contributed by atoms with Crippen LogP contribution in [-0.4, -0.2) is 27.7 Å². The van der Waals surface area contributed by atoms with Gasteiger partial charge < -0.3 is 9.47 Å². The van der Waals surface area contributed by atoms with Crippen LogP contribution in [0.2, 0.25) is 0 Å². The second kappa shape index (κ2) is 9.76. The van der Waals surface area contributed by atoms with Gasteiger partial charge in [0.25, 0.3) is 10.0 Å². The van der Waals surface area contributed by atoms with Crippen LogP contribution in [0.25, 0.3) is 10.8 Å². The average molecular weight is 475 g/mol. The van der Waals surface area contributed by atoms with Crippen molar-refractivity contribution >= 4 is 33.0 Å². The minimum Gasteiger partial charge on any atom is -0.497 e. The average Bonchev–Trinajstić information content (AvgIpc) is 2.85. The Bertz CT molecular complexity index is 1460. The maximum Gasteiger partial charge on any atom is 0.343 e. The standard InChI is InChI=1S/C26H22N2O5S/c1-18-7-14-22(15-8-18)34(30,31)28-27-17-24-23-6-4-3-5-19(23)11-16-25(24)33-26(29)20-9-12-21(32-2)13-10-20/h3-17,28H,1-2H3/b27-17+. The van der Waals surface area contributed by atoms with Crippen molar-refractivity contribution in [2.24, 2.45) is 5.10 Å². The first-order valence-corrected chi connectivity index (χ1v) is 11.9. The molecule has 7 nitrogen and oxygen atoms in total.